The van der Waals surface area contributed by atoms with E-state index in [4.69, 9.17) is 9.47 Å². The van der Waals surface area contributed by atoms with Crippen LogP contribution in [0.15, 0.2) is 41.3 Å². The minimum Gasteiger partial charge on any atom is -0.494 e. The summed E-state index contributed by atoms with van der Waals surface area (Å²) in [4.78, 5) is 24.5. The molecule has 0 unspecified atom stereocenters. The molecular weight excluding hydrogens is 320 g/mol. The highest BCUT2D eigenvalue weighted by molar-refractivity contribution is 5.76. The molecule has 0 aliphatic carbocycles. The molecular formula is C19H22N2O4. The highest BCUT2D eigenvalue weighted by atomic mass is 16.5. The minimum atomic E-state index is -0.202. The Bertz CT molecular complexity index is 828. The van der Waals surface area contributed by atoms with Gasteiger partial charge in [-0.15, -0.1) is 0 Å². The number of amides is 1. The first kappa shape index (κ1) is 17.1. The molecule has 0 spiro atoms. The number of benzene rings is 1. The van der Waals surface area contributed by atoms with Gasteiger partial charge in [0.1, 0.15) is 18.0 Å². The second-order valence-corrected chi connectivity index (χ2v) is 6.01. The van der Waals surface area contributed by atoms with Crippen LogP contribution in [0, 0.1) is 6.92 Å². The normalized spacial score (nSPS) is 15.8. The summed E-state index contributed by atoms with van der Waals surface area (Å²) in [5.74, 6) is 1.31. The number of aromatic nitrogens is 1. The molecule has 25 heavy (non-hydrogen) atoms. The fourth-order valence-electron chi connectivity index (χ4n) is 2.95. The van der Waals surface area contributed by atoms with Crippen LogP contribution >= 0.6 is 0 Å². The van der Waals surface area contributed by atoms with Gasteiger partial charge in [0.25, 0.3) is 5.56 Å². The Labute approximate surface area is 146 Å². The third-order valence-electron chi connectivity index (χ3n) is 4.19. The largest absolute Gasteiger partial charge is 0.494 e. The third kappa shape index (κ3) is 3.84. The second kappa shape index (κ2) is 7.42. The molecule has 1 aromatic carbocycles. The summed E-state index contributed by atoms with van der Waals surface area (Å²) in [6, 6.07) is 8.98. The topological polar surface area (TPSA) is 69.6 Å². The van der Waals surface area contributed by atoms with Gasteiger partial charge in [-0.05, 0) is 38.1 Å². The Balaban J connectivity index is 1.75. The first-order chi connectivity index (χ1) is 12.1. The quantitative estimate of drug-likeness (QED) is 0.904. The van der Waals surface area contributed by atoms with Gasteiger partial charge in [-0.3, -0.25) is 9.59 Å². The average Bonchev–Trinajstić information content (AvgIpc) is 2.60. The number of nitrogens with zero attached hydrogens (tertiary/aromatic N) is 1. The lowest BCUT2D eigenvalue weighted by molar-refractivity contribution is -0.122. The zero-order valence-corrected chi connectivity index (χ0v) is 14.5. The molecule has 6 nitrogen and oxygen atoms in total. The molecule has 1 aromatic heterocycles. The van der Waals surface area contributed by atoms with E-state index in [9.17, 15) is 9.59 Å². The number of pyridine rings is 1. The summed E-state index contributed by atoms with van der Waals surface area (Å²) < 4.78 is 12.6. The van der Waals surface area contributed by atoms with E-state index in [0.717, 1.165) is 17.1 Å². The van der Waals surface area contributed by atoms with Crippen molar-refractivity contribution in [1.82, 2.24) is 9.88 Å². The van der Waals surface area contributed by atoms with E-state index in [1.165, 1.54) is 4.57 Å². The molecule has 132 valence electrons. The lowest BCUT2D eigenvalue weighted by Crippen LogP contribution is -2.36. The van der Waals surface area contributed by atoms with Crippen molar-refractivity contribution in [3.63, 3.8) is 0 Å². The van der Waals surface area contributed by atoms with Crippen molar-refractivity contribution in [3.05, 3.63) is 58.0 Å². The van der Waals surface area contributed by atoms with Gasteiger partial charge in [-0.1, -0.05) is 6.07 Å². The maximum Gasteiger partial charge on any atom is 0.253 e. The fourth-order valence-corrected chi connectivity index (χ4v) is 2.95. The molecule has 6 heteroatoms. The van der Waals surface area contributed by atoms with Crippen molar-refractivity contribution >= 4 is 5.91 Å². The van der Waals surface area contributed by atoms with Crippen molar-refractivity contribution in [2.75, 3.05) is 13.2 Å². The summed E-state index contributed by atoms with van der Waals surface area (Å²) in [7, 11) is 0. The van der Waals surface area contributed by atoms with Gasteiger partial charge in [-0.2, -0.15) is 0 Å². The molecule has 3 rings (SSSR count). The highest BCUT2D eigenvalue weighted by Crippen LogP contribution is 2.34. The number of carbonyl (C=O) groups excluding carboxylic acids is 1. The fraction of sp³-hybridized carbons (Fsp3) is 0.368. The molecule has 2 heterocycles. The van der Waals surface area contributed by atoms with Gasteiger partial charge in [-0.25, -0.2) is 0 Å². The lowest BCUT2D eigenvalue weighted by atomic mass is 10.00. The number of fused-ring (bicyclic) bond motifs is 1. The van der Waals surface area contributed by atoms with Crippen molar-refractivity contribution in [2.45, 2.75) is 32.9 Å². The van der Waals surface area contributed by atoms with Crippen molar-refractivity contribution in [1.29, 1.82) is 0 Å². The maximum absolute atomic E-state index is 12.4. The number of aryl methyl sites for hydroxylation is 1. The number of nitrogens with one attached hydrogen (secondary N) is 1. The number of hydrogen-bond donors (Lipinski definition) is 1. The first-order valence-electron chi connectivity index (χ1n) is 8.43. The molecule has 1 N–H and O–H groups in total. The maximum atomic E-state index is 12.4. The molecule has 2 aromatic rings. The van der Waals surface area contributed by atoms with E-state index in [0.29, 0.717) is 25.2 Å². The second-order valence-electron chi connectivity index (χ2n) is 6.01. The van der Waals surface area contributed by atoms with Crippen LogP contribution in [0.5, 0.6) is 11.5 Å². The van der Waals surface area contributed by atoms with Gasteiger partial charge in [0.15, 0.2) is 0 Å². The Kier molecular flexibility index (Phi) is 5.07. The van der Waals surface area contributed by atoms with Crippen LogP contribution in [0.4, 0.5) is 0 Å². The van der Waals surface area contributed by atoms with Gasteiger partial charge < -0.3 is 19.4 Å². The molecule has 0 fully saturated rings. The van der Waals surface area contributed by atoms with E-state index >= 15 is 0 Å². The van der Waals surface area contributed by atoms with Crippen molar-refractivity contribution in [2.24, 2.45) is 0 Å². The minimum absolute atomic E-state index is 0.00163. The van der Waals surface area contributed by atoms with Gasteiger partial charge >= 0.3 is 0 Å². The van der Waals surface area contributed by atoms with E-state index in [1.807, 2.05) is 25.1 Å². The molecule has 1 atom stereocenters. The van der Waals surface area contributed by atoms with E-state index in [-0.39, 0.29) is 24.1 Å². The molecule has 1 amide bonds. The van der Waals surface area contributed by atoms with Crippen molar-refractivity contribution < 1.29 is 14.3 Å². The standard InChI is InChI=1S/C19H22N2O4/c1-3-24-14-6-7-17-15(11-14)16(8-10-25-17)20-18(22)12-21-9-4-5-13(2)19(21)23/h4-7,9,11,16H,3,8,10,12H2,1-2H3,(H,20,22)/t16-/m0/s1. The van der Waals surface area contributed by atoms with Crippen LogP contribution in [0.25, 0.3) is 0 Å². The van der Waals surface area contributed by atoms with Crippen LogP contribution in [0.1, 0.15) is 30.5 Å². The van der Waals surface area contributed by atoms with Crippen molar-refractivity contribution in [3.8, 4) is 11.5 Å². The third-order valence-corrected chi connectivity index (χ3v) is 4.19. The summed E-state index contributed by atoms with van der Waals surface area (Å²) in [6.45, 7) is 4.77. The monoisotopic (exact) mass is 342 g/mol. The molecule has 1 aliphatic heterocycles. The van der Waals surface area contributed by atoms with Crippen LogP contribution in [-0.4, -0.2) is 23.7 Å². The van der Waals surface area contributed by atoms with Crippen LogP contribution in [-0.2, 0) is 11.3 Å². The van der Waals surface area contributed by atoms with E-state index < -0.39 is 0 Å². The van der Waals surface area contributed by atoms with Crippen LogP contribution < -0.4 is 20.3 Å². The van der Waals surface area contributed by atoms with Gasteiger partial charge in [0.05, 0.1) is 19.3 Å². The van der Waals surface area contributed by atoms with Crippen LogP contribution in [0.2, 0.25) is 0 Å². The molecule has 0 saturated carbocycles. The summed E-state index contributed by atoms with van der Waals surface area (Å²) >= 11 is 0. The summed E-state index contributed by atoms with van der Waals surface area (Å²) in [6.07, 6.45) is 2.30. The Morgan fingerprint density at radius 2 is 2.24 bits per heavy atom. The predicted octanol–water partition coefficient (Wildman–Crippen LogP) is 2.20. The summed E-state index contributed by atoms with van der Waals surface area (Å²) in [5.41, 5.74) is 1.37. The number of rotatable bonds is 5. The number of ether oxygens (including phenoxy) is 2. The zero-order chi connectivity index (χ0) is 17.8. The molecule has 0 bridgehead atoms. The number of hydrogen-bond acceptors (Lipinski definition) is 4. The highest BCUT2D eigenvalue weighted by Gasteiger charge is 2.24. The molecule has 0 radical (unpaired) electrons. The summed E-state index contributed by atoms with van der Waals surface area (Å²) in [5, 5.41) is 3.01. The Morgan fingerprint density at radius 1 is 1.40 bits per heavy atom. The molecule has 1 aliphatic rings. The number of carbonyl (C=O) groups is 1. The molecule has 0 saturated heterocycles. The van der Waals surface area contributed by atoms with E-state index in [1.54, 1.807) is 25.3 Å². The Morgan fingerprint density at radius 3 is 3.04 bits per heavy atom. The lowest BCUT2D eigenvalue weighted by Gasteiger charge is -2.27. The first-order valence-corrected chi connectivity index (χ1v) is 8.43. The average molecular weight is 342 g/mol. The van der Waals surface area contributed by atoms with Gasteiger partial charge in [0.2, 0.25) is 5.91 Å². The van der Waals surface area contributed by atoms with Crippen LogP contribution in [0.3, 0.4) is 0 Å². The Hall–Kier alpha value is -2.76. The predicted molar refractivity (Wildman–Crippen MR) is 94.0 cm³/mol. The SMILES string of the molecule is CCOc1ccc2c(c1)[C@@H](NC(=O)Cn1cccc(C)c1=O)CCO2. The zero-order valence-electron chi connectivity index (χ0n) is 14.5. The van der Waals surface area contributed by atoms with Gasteiger partial charge in [0, 0.05) is 23.7 Å². The van der Waals surface area contributed by atoms with E-state index in [2.05, 4.69) is 5.32 Å². The smallest absolute Gasteiger partial charge is 0.253 e.